The molecule has 4 heteroatoms. The summed E-state index contributed by atoms with van der Waals surface area (Å²) < 4.78 is 0. The summed E-state index contributed by atoms with van der Waals surface area (Å²) in [4.78, 5) is 14.5. The van der Waals surface area contributed by atoms with Crippen molar-refractivity contribution in [2.24, 2.45) is 5.92 Å². The zero-order valence-electron chi connectivity index (χ0n) is 14.3. The molecule has 128 valence electrons. The van der Waals surface area contributed by atoms with E-state index in [2.05, 4.69) is 45.4 Å². The molecular formula is C21H23N3O. The van der Waals surface area contributed by atoms with Crippen molar-refractivity contribution in [3.05, 3.63) is 76.2 Å². The van der Waals surface area contributed by atoms with E-state index in [1.165, 1.54) is 18.4 Å². The molecule has 1 aliphatic rings. The lowest BCUT2D eigenvalue weighted by Gasteiger charge is -2.32. The SMILES string of the molecule is O=c1[nH]nc(CC2CCCN(Cc3ccccc3)C2)c2ccccc12. The van der Waals surface area contributed by atoms with Gasteiger partial charge in [0.05, 0.1) is 11.1 Å². The number of rotatable bonds is 4. The Labute approximate surface area is 147 Å². The number of H-pyrrole nitrogens is 1. The van der Waals surface area contributed by atoms with Crippen LogP contribution >= 0.6 is 0 Å². The number of nitrogens with one attached hydrogen (secondary N) is 1. The van der Waals surface area contributed by atoms with Crippen LogP contribution in [0.1, 0.15) is 24.1 Å². The third-order valence-corrected chi connectivity index (χ3v) is 5.11. The van der Waals surface area contributed by atoms with Crippen molar-refractivity contribution in [3.8, 4) is 0 Å². The van der Waals surface area contributed by atoms with E-state index in [1.54, 1.807) is 0 Å². The van der Waals surface area contributed by atoms with E-state index >= 15 is 0 Å². The first-order chi connectivity index (χ1) is 12.3. The number of benzene rings is 2. The first kappa shape index (κ1) is 16.0. The van der Waals surface area contributed by atoms with Gasteiger partial charge in [0.2, 0.25) is 0 Å². The Hall–Kier alpha value is -2.46. The van der Waals surface area contributed by atoms with Gasteiger partial charge in [0.1, 0.15) is 0 Å². The molecule has 4 nitrogen and oxygen atoms in total. The molecule has 0 aliphatic carbocycles. The predicted molar refractivity (Wildman–Crippen MR) is 101 cm³/mol. The summed E-state index contributed by atoms with van der Waals surface area (Å²) in [5, 5.41) is 8.75. The average molecular weight is 333 g/mol. The molecule has 1 saturated heterocycles. The Bertz CT molecular complexity index is 904. The summed E-state index contributed by atoms with van der Waals surface area (Å²) in [6.07, 6.45) is 3.36. The Morgan fingerprint density at radius 1 is 1.04 bits per heavy atom. The molecule has 2 aromatic carbocycles. The van der Waals surface area contributed by atoms with Crippen LogP contribution in [0.2, 0.25) is 0 Å². The lowest BCUT2D eigenvalue weighted by atomic mass is 9.91. The minimum atomic E-state index is -0.103. The van der Waals surface area contributed by atoms with Crippen molar-refractivity contribution < 1.29 is 0 Å². The Balaban J connectivity index is 1.49. The largest absolute Gasteiger partial charge is 0.299 e. The minimum Gasteiger partial charge on any atom is -0.299 e. The number of aromatic amines is 1. The average Bonchev–Trinajstić information content (AvgIpc) is 2.65. The highest BCUT2D eigenvalue weighted by atomic mass is 16.1. The first-order valence-electron chi connectivity index (χ1n) is 9.02. The van der Waals surface area contributed by atoms with Crippen molar-refractivity contribution in [1.82, 2.24) is 15.1 Å². The number of likely N-dealkylation sites (tertiary alicyclic amines) is 1. The van der Waals surface area contributed by atoms with Gasteiger partial charge < -0.3 is 0 Å². The third-order valence-electron chi connectivity index (χ3n) is 5.11. The quantitative estimate of drug-likeness (QED) is 0.796. The molecule has 1 atom stereocenters. The highest BCUT2D eigenvalue weighted by Gasteiger charge is 2.21. The van der Waals surface area contributed by atoms with E-state index in [9.17, 15) is 4.79 Å². The molecule has 0 spiro atoms. The van der Waals surface area contributed by atoms with Crippen LogP contribution < -0.4 is 5.56 Å². The zero-order chi connectivity index (χ0) is 17.1. The van der Waals surface area contributed by atoms with Crippen molar-refractivity contribution in [2.45, 2.75) is 25.8 Å². The minimum absolute atomic E-state index is 0.103. The molecule has 0 saturated carbocycles. The van der Waals surface area contributed by atoms with Gasteiger partial charge in [0, 0.05) is 18.5 Å². The molecule has 1 aromatic heterocycles. The second-order valence-electron chi connectivity index (χ2n) is 6.98. The number of fused-ring (bicyclic) bond motifs is 1. The predicted octanol–water partition coefficient (Wildman–Crippen LogP) is 3.38. The molecule has 1 aliphatic heterocycles. The van der Waals surface area contributed by atoms with Crippen molar-refractivity contribution >= 4 is 10.8 Å². The smallest absolute Gasteiger partial charge is 0.272 e. The van der Waals surface area contributed by atoms with E-state index in [1.807, 2.05) is 24.3 Å². The lowest BCUT2D eigenvalue weighted by molar-refractivity contribution is 0.166. The standard InChI is InChI=1S/C21H23N3O/c25-21-19-11-5-4-10-18(19)20(22-23-21)13-17-9-6-12-24(15-17)14-16-7-2-1-3-8-16/h1-5,7-8,10-11,17H,6,9,12-15H2,(H,23,25). The van der Waals surface area contributed by atoms with Gasteiger partial charge in [0.15, 0.2) is 0 Å². The maximum absolute atomic E-state index is 12.0. The Morgan fingerprint density at radius 2 is 1.80 bits per heavy atom. The van der Waals surface area contributed by atoms with Gasteiger partial charge in [-0.15, -0.1) is 0 Å². The molecule has 4 rings (SSSR count). The molecule has 3 aromatic rings. The van der Waals surface area contributed by atoms with Crippen LogP contribution in [0.4, 0.5) is 0 Å². The van der Waals surface area contributed by atoms with Crippen LogP contribution in [-0.4, -0.2) is 28.2 Å². The van der Waals surface area contributed by atoms with Crippen LogP contribution in [-0.2, 0) is 13.0 Å². The summed E-state index contributed by atoms with van der Waals surface area (Å²) in [7, 11) is 0. The van der Waals surface area contributed by atoms with Crippen molar-refractivity contribution in [2.75, 3.05) is 13.1 Å². The van der Waals surface area contributed by atoms with Gasteiger partial charge in [-0.1, -0.05) is 48.5 Å². The summed E-state index contributed by atoms with van der Waals surface area (Å²) in [6, 6.07) is 18.4. The fraction of sp³-hybridized carbons (Fsp3) is 0.333. The lowest BCUT2D eigenvalue weighted by Crippen LogP contribution is -2.36. The number of hydrogen-bond donors (Lipinski definition) is 1. The van der Waals surface area contributed by atoms with Gasteiger partial charge in [-0.2, -0.15) is 5.10 Å². The molecular weight excluding hydrogens is 310 g/mol. The van der Waals surface area contributed by atoms with Crippen LogP contribution in [0.3, 0.4) is 0 Å². The molecule has 0 amide bonds. The molecule has 1 fully saturated rings. The molecule has 0 radical (unpaired) electrons. The Morgan fingerprint density at radius 3 is 2.64 bits per heavy atom. The van der Waals surface area contributed by atoms with Crippen LogP contribution in [0.5, 0.6) is 0 Å². The van der Waals surface area contributed by atoms with E-state index < -0.39 is 0 Å². The molecule has 1 N–H and O–H groups in total. The van der Waals surface area contributed by atoms with E-state index in [-0.39, 0.29) is 5.56 Å². The van der Waals surface area contributed by atoms with E-state index in [0.29, 0.717) is 5.92 Å². The van der Waals surface area contributed by atoms with E-state index in [0.717, 1.165) is 42.5 Å². The second-order valence-corrected chi connectivity index (χ2v) is 6.98. The molecule has 1 unspecified atom stereocenters. The molecule has 25 heavy (non-hydrogen) atoms. The summed E-state index contributed by atoms with van der Waals surface area (Å²) in [5.41, 5.74) is 2.28. The molecule has 0 bridgehead atoms. The van der Waals surface area contributed by atoms with Gasteiger partial charge in [-0.3, -0.25) is 9.69 Å². The van der Waals surface area contributed by atoms with Crippen LogP contribution in [0.25, 0.3) is 10.8 Å². The van der Waals surface area contributed by atoms with Gasteiger partial charge >= 0.3 is 0 Å². The topological polar surface area (TPSA) is 49.0 Å². The Kier molecular flexibility index (Phi) is 4.61. The van der Waals surface area contributed by atoms with Crippen molar-refractivity contribution in [3.63, 3.8) is 0 Å². The van der Waals surface area contributed by atoms with Gasteiger partial charge in [-0.05, 0) is 43.4 Å². The van der Waals surface area contributed by atoms with Crippen LogP contribution in [0.15, 0.2) is 59.4 Å². The monoisotopic (exact) mass is 333 g/mol. The van der Waals surface area contributed by atoms with E-state index in [4.69, 9.17) is 0 Å². The normalized spacial score (nSPS) is 18.5. The zero-order valence-corrected chi connectivity index (χ0v) is 14.3. The number of piperidine rings is 1. The van der Waals surface area contributed by atoms with Gasteiger partial charge in [-0.25, -0.2) is 5.10 Å². The highest BCUT2D eigenvalue weighted by molar-refractivity contribution is 5.83. The molecule has 2 heterocycles. The fourth-order valence-electron chi connectivity index (χ4n) is 3.90. The number of nitrogens with zero attached hydrogens (tertiary/aromatic N) is 2. The summed E-state index contributed by atoms with van der Waals surface area (Å²) >= 11 is 0. The summed E-state index contributed by atoms with van der Waals surface area (Å²) in [5.74, 6) is 0.583. The summed E-state index contributed by atoms with van der Waals surface area (Å²) in [6.45, 7) is 3.26. The number of hydrogen-bond acceptors (Lipinski definition) is 3. The maximum Gasteiger partial charge on any atom is 0.272 e. The highest BCUT2D eigenvalue weighted by Crippen LogP contribution is 2.24. The maximum atomic E-state index is 12.0. The first-order valence-corrected chi connectivity index (χ1v) is 9.02. The fourth-order valence-corrected chi connectivity index (χ4v) is 3.90. The second kappa shape index (κ2) is 7.19. The number of aromatic nitrogens is 2. The van der Waals surface area contributed by atoms with Crippen LogP contribution in [0, 0.1) is 5.92 Å². The van der Waals surface area contributed by atoms with Crippen molar-refractivity contribution in [1.29, 1.82) is 0 Å². The third kappa shape index (κ3) is 3.64. The van der Waals surface area contributed by atoms with Gasteiger partial charge in [0.25, 0.3) is 5.56 Å².